The van der Waals surface area contributed by atoms with E-state index in [-0.39, 0.29) is 11.9 Å². The Hall–Kier alpha value is -1.36. The fraction of sp³-hybridized carbons (Fsp3) is 0.692. The number of hydrogen-bond donors (Lipinski definition) is 0. The zero-order valence-corrected chi connectivity index (χ0v) is 11.2. The van der Waals surface area contributed by atoms with Crippen molar-refractivity contribution in [2.24, 2.45) is 0 Å². The predicted octanol–water partition coefficient (Wildman–Crippen LogP) is 1.47. The van der Waals surface area contributed by atoms with Crippen LogP contribution >= 0.6 is 0 Å². The van der Waals surface area contributed by atoms with Gasteiger partial charge in [0.25, 0.3) is 0 Å². The third-order valence-electron chi connectivity index (χ3n) is 3.53. The molecule has 2 heterocycles. The normalized spacial score (nSPS) is 20.2. The van der Waals surface area contributed by atoms with Crippen LogP contribution < -0.4 is 0 Å². The van der Waals surface area contributed by atoms with Gasteiger partial charge in [0.15, 0.2) is 0 Å². The lowest BCUT2D eigenvalue weighted by atomic mass is 10.1. The Balaban J connectivity index is 2.07. The molecule has 0 aliphatic carbocycles. The number of aryl methyl sites for hydroxylation is 2. The van der Waals surface area contributed by atoms with Crippen LogP contribution in [0.3, 0.4) is 0 Å². The Kier molecular flexibility index (Phi) is 4.01. The summed E-state index contributed by atoms with van der Waals surface area (Å²) in [5.74, 6) is 0.877. The molecule has 1 atom stereocenters. The number of nitrogens with zero attached hydrogens (tertiary/aromatic N) is 2. The molecular weight excluding hydrogens is 232 g/mol. The van der Waals surface area contributed by atoms with Crippen LogP contribution in [-0.2, 0) is 16.0 Å². The van der Waals surface area contributed by atoms with Gasteiger partial charge in [0, 0.05) is 12.1 Å². The maximum atomic E-state index is 12.3. The first-order chi connectivity index (χ1) is 8.63. The summed E-state index contributed by atoms with van der Waals surface area (Å²) in [7, 11) is 0. The first kappa shape index (κ1) is 13.1. The molecule has 0 unspecified atom stereocenters. The first-order valence-electron chi connectivity index (χ1n) is 6.42. The van der Waals surface area contributed by atoms with Gasteiger partial charge >= 0.3 is 0 Å². The van der Waals surface area contributed by atoms with Gasteiger partial charge < -0.3 is 14.2 Å². The average molecular weight is 252 g/mol. The van der Waals surface area contributed by atoms with Gasteiger partial charge in [0.05, 0.1) is 31.4 Å². The molecule has 1 fully saturated rings. The van der Waals surface area contributed by atoms with Crippen molar-refractivity contribution in [3.8, 4) is 0 Å². The van der Waals surface area contributed by atoms with E-state index in [0.717, 1.165) is 23.4 Å². The van der Waals surface area contributed by atoms with Gasteiger partial charge in [0.1, 0.15) is 5.76 Å². The van der Waals surface area contributed by atoms with Crippen molar-refractivity contribution in [1.29, 1.82) is 0 Å². The predicted molar refractivity (Wildman–Crippen MR) is 66.3 cm³/mol. The summed E-state index contributed by atoms with van der Waals surface area (Å²) in [5.41, 5.74) is 1.73. The monoisotopic (exact) mass is 252 g/mol. The minimum Gasteiger partial charge on any atom is -0.377 e. The van der Waals surface area contributed by atoms with Crippen molar-refractivity contribution < 1.29 is 14.1 Å². The van der Waals surface area contributed by atoms with Crippen molar-refractivity contribution >= 4 is 5.91 Å². The fourth-order valence-corrected chi connectivity index (χ4v) is 2.33. The molecule has 0 saturated carbocycles. The zero-order chi connectivity index (χ0) is 13.1. The van der Waals surface area contributed by atoms with E-state index in [0.29, 0.717) is 26.2 Å². The van der Waals surface area contributed by atoms with Gasteiger partial charge in [-0.1, -0.05) is 12.1 Å². The lowest BCUT2D eigenvalue weighted by molar-refractivity contribution is -0.139. The minimum atomic E-state index is 0.138. The van der Waals surface area contributed by atoms with Crippen molar-refractivity contribution in [3.63, 3.8) is 0 Å². The zero-order valence-electron chi connectivity index (χ0n) is 11.2. The van der Waals surface area contributed by atoms with Crippen LogP contribution in [0.5, 0.6) is 0 Å². The first-order valence-corrected chi connectivity index (χ1v) is 6.42. The number of hydrogen-bond acceptors (Lipinski definition) is 4. The highest BCUT2D eigenvalue weighted by Crippen LogP contribution is 2.17. The second-order valence-corrected chi connectivity index (χ2v) is 4.70. The van der Waals surface area contributed by atoms with Crippen LogP contribution in [-0.4, -0.2) is 41.8 Å². The number of morpholine rings is 1. The molecule has 100 valence electrons. The molecule has 1 aromatic rings. The molecule has 1 saturated heterocycles. The standard InChI is InChI=1S/C13H20N2O3/c1-4-11-8-17-6-5-15(11)13(16)7-12-9(2)14-18-10(12)3/h11H,4-8H2,1-3H3/t11-/m0/s1. The molecule has 0 spiro atoms. The molecule has 0 radical (unpaired) electrons. The Morgan fingerprint density at radius 3 is 2.89 bits per heavy atom. The number of rotatable bonds is 3. The molecule has 0 N–H and O–H groups in total. The smallest absolute Gasteiger partial charge is 0.227 e. The van der Waals surface area contributed by atoms with E-state index < -0.39 is 0 Å². The summed E-state index contributed by atoms with van der Waals surface area (Å²) in [4.78, 5) is 14.3. The minimum absolute atomic E-state index is 0.138. The maximum absolute atomic E-state index is 12.3. The molecule has 2 rings (SSSR count). The van der Waals surface area contributed by atoms with E-state index in [4.69, 9.17) is 9.26 Å². The quantitative estimate of drug-likeness (QED) is 0.817. The van der Waals surface area contributed by atoms with Crippen molar-refractivity contribution in [1.82, 2.24) is 10.1 Å². The van der Waals surface area contributed by atoms with E-state index in [1.807, 2.05) is 18.7 Å². The SMILES string of the molecule is CC[C@H]1COCCN1C(=O)Cc1c(C)noc1C. The fourth-order valence-electron chi connectivity index (χ4n) is 2.33. The van der Waals surface area contributed by atoms with Gasteiger partial charge in [0.2, 0.25) is 5.91 Å². The van der Waals surface area contributed by atoms with Gasteiger partial charge in [-0.05, 0) is 20.3 Å². The summed E-state index contributed by atoms with van der Waals surface area (Å²) >= 11 is 0. The summed E-state index contributed by atoms with van der Waals surface area (Å²) in [6.45, 7) is 7.75. The Morgan fingerprint density at radius 1 is 1.50 bits per heavy atom. The number of amides is 1. The van der Waals surface area contributed by atoms with Crippen LogP contribution in [0.2, 0.25) is 0 Å². The highest BCUT2D eigenvalue weighted by Gasteiger charge is 2.27. The van der Waals surface area contributed by atoms with Crippen LogP contribution in [0, 0.1) is 13.8 Å². The number of carbonyl (C=O) groups excluding carboxylic acids is 1. The molecule has 1 aromatic heterocycles. The summed E-state index contributed by atoms with van der Waals surface area (Å²) in [6.07, 6.45) is 1.30. The summed E-state index contributed by atoms with van der Waals surface area (Å²) < 4.78 is 10.5. The molecule has 1 aliphatic heterocycles. The molecule has 5 nitrogen and oxygen atoms in total. The Labute approximate surface area is 107 Å². The average Bonchev–Trinajstić information content (AvgIpc) is 2.70. The van der Waals surface area contributed by atoms with Crippen molar-refractivity contribution in [2.75, 3.05) is 19.8 Å². The largest absolute Gasteiger partial charge is 0.377 e. The number of ether oxygens (including phenoxy) is 1. The second kappa shape index (κ2) is 5.52. The van der Waals surface area contributed by atoms with Crippen LogP contribution in [0.1, 0.15) is 30.4 Å². The van der Waals surface area contributed by atoms with Gasteiger partial charge in [-0.2, -0.15) is 0 Å². The Morgan fingerprint density at radius 2 is 2.28 bits per heavy atom. The van der Waals surface area contributed by atoms with E-state index in [9.17, 15) is 4.79 Å². The summed E-state index contributed by atoms with van der Waals surface area (Å²) in [5, 5.41) is 3.88. The van der Waals surface area contributed by atoms with E-state index >= 15 is 0 Å². The van der Waals surface area contributed by atoms with Crippen LogP contribution in [0.25, 0.3) is 0 Å². The molecule has 1 aliphatic rings. The van der Waals surface area contributed by atoms with Crippen LogP contribution in [0.4, 0.5) is 0 Å². The molecule has 18 heavy (non-hydrogen) atoms. The molecule has 0 aromatic carbocycles. The molecule has 1 amide bonds. The number of aromatic nitrogens is 1. The molecule has 5 heteroatoms. The lowest BCUT2D eigenvalue weighted by Gasteiger charge is -2.35. The van der Waals surface area contributed by atoms with Gasteiger partial charge in [-0.3, -0.25) is 4.79 Å². The summed E-state index contributed by atoms with van der Waals surface area (Å²) in [6, 6.07) is 0.201. The molecular formula is C13H20N2O3. The van der Waals surface area contributed by atoms with Crippen molar-refractivity contribution in [2.45, 2.75) is 39.7 Å². The third kappa shape index (κ3) is 2.56. The second-order valence-electron chi connectivity index (χ2n) is 4.70. The highest BCUT2D eigenvalue weighted by molar-refractivity contribution is 5.79. The van der Waals surface area contributed by atoms with E-state index in [1.165, 1.54) is 0 Å². The van der Waals surface area contributed by atoms with Gasteiger partial charge in [-0.25, -0.2) is 0 Å². The molecule has 0 bridgehead atoms. The van der Waals surface area contributed by atoms with Crippen molar-refractivity contribution in [3.05, 3.63) is 17.0 Å². The lowest BCUT2D eigenvalue weighted by Crippen LogP contribution is -2.49. The third-order valence-corrected chi connectivity index (χ3v) is 3.53. The van der Waals surface area contributed by atoms with Crippen LogP contribution in [0.15, 0.2) is 4.52 Å². The van der Waals surface area contributed by atoms with Gasteiger partial charge in [-0.15, -0.1) is 0 Å². The highest BCUT2D eigenvalue weighted by atomic mass is 16.5. The van der Waals surface area contributed by atoms with E-state index in [1.54, 1.807) is 0 Å². The maximum Gasteiger partial charge on any atom is 0.227 e. The number of carbonyl (C=O) groups is 1. The van der Waals surface area contributed by atoms with E-state index in [2.05, 4.69) is 12.1 Å². The topological polar surface area (TPSA) is 55.6 Å². The Bertz CT molecular complexity index is 408.